The zero-order chi connectivity index (χ0) is 21.4. The quantitative estimate of drug-likeness (QED) is 0.534. The van der Waals surface area contributed by atoms with E-state index in [1.54, 1.807) is 24.5 Å². The SMILES string of the molecule is Cn1nc(CC(=O)Nc2nc3c(s2)CC(c2ccccc2)CC3)c2ccccc2c1=O. The molecule has 7 heteroatoms. The maximum absolute atomic E-state index is 12.7. The van der Waals surface area contributed by atoms with Gasteiger partial charge in [-0.1, -0.05) is 48.5 Å². The van der Waals surface area contributed by atoms with Gasteiger partial charge in [-0.25, -0.2) is 9.67 Å². The zero-order valence-electron chi connectivity index (χ0n) is 17.2. The van der Waals surface area contributed by atoms with Crippen LogP contribution in [0.4, 0.5) is 5.13 Å². The van der Waals surface area contributed by atoms with Crippen molar-refractivity contribution in [2.75, 3.05) is 5.32 Å². The summed E-state index contributed by atoms with van der Waals surface area (Å²) in [5.74, 6) is 0.320. The summed E-state index contributed by atoms with van der Waals surface area (Å²) in [4.78, 5) is 31.0. The molecule has 0 saturated carbocycles. The van der Waals surface area contributed by atoms with Crippen LogP contribution in [0.15, 0.2) is 59.4 Å². The molecule has 6 nitrogen and oxygen atoms in total. The first-order chi connectivity index (χ1) is 15.1. The van der Waals surface area contributed by atoms with Crippen LogP contribution in [0.1, 0.15) is 34.2 Å². The molecule has 0 saturated heterocycles. The first kappa shape index (κ1) is 19.6. The van der Waals surface area contributed by atoms with Gasteiger partial charge in [0.15, 0.2) is 5.13 Å². The van der Waals surface area contributed by atoms with Crippen LogP contribution in [0, 0.1) is 0 Å². The number of amides is 1. The van der Waals surface area contributed by atoms with E-state index in [1.807, 2.05) is 24.3 Å². The number of hydrogen-bond acceptors (Lipinski definition) is 5. The third-order valence-corrected chi connectivity index (χ3v) is 6.85. The first-order valence-electron chi connectivity index (χ1n) is 10.4. The van der Waals surface area contributed by atoms with E-state index in [0.717, 1.165) is 25.0 Å². The van der Waals surface area contributed by atoms with E-state index in [2.05, 4.69) is 39.7 Å². The lowest BCUT2D eigenvalue weighted by Gasteiger charge is -2.21. The third-order valence-electron chi connectivity index (χ3n) is 5.82. The number of aryl methyl sites for hydroxylation is 2. The monoisotopic (exact) mass is 430 g/mol. The summed E-state index contributed by atoms with van der Waals surface area (Å²) in [6.07, 6.45) is 3.04. The average Bonchev–Trinajstić information content (AvgIpc) is 3.19. The van der Waals surface area contributed by atoms with E-state index in [-0.39, 0.29) is 17.9 Å². The molecule has 5 rings (SSSR count). The number of carbonyl (C=O) groups excluding carboxylic acids is 1. The second-order valence-electron chi connectivity index (χ2n) is 7.89. The highest BCUT2D eigenvalue weighted by atomic mass is 32.1. The lowest BCUT2D eigenvalue weighted by atomic mass is 9.85. The van der Waals surface area contributed by atoms with Crippen LogP contribution in [-0.4, -0.2) is 20.7 Å². The summed E-state index contributed by atoms with van der Waals surface area (Å²) in [5.41, 5.74) is 2.87. The summed E-state index contributed by atoms with van der Waals surface area (Å²) in [7, 11) is 1.61. The van der Waals surface area contributed by atoms with Crippen molar-refractivity contribution >= 4 is 33.1 Å². The van der Waals surface area contributed by atoms with Crippen LogP contribution < -0.4 is 10.9 Å². The molecule has 1 aliphatic carbocycles. The van der Waals surface area contributed by atoms with Gasteiger partial charge in [-0.2, -0.15) is 5.10 Å². The maximum atomic E-state index is 12.7. The lowest BCUT2D eigenvalue weighted by molar-refractivity contribution is -0.115. The molecule has 0 spiro atoms. The highest BCUT2D eigenvalue weighted by molar-refractivity contribution is 7.15. The molecule has 156 valence electrons. The van der Waals surface area contributed by atoms with Gasteiger partial charge in [0.05, 0.1) is 23.2 Å². The van der Waals surface area contributed by atoms with Gasteiger partial charge in [-0.3, -0.25) is 9.59 Å². The summed E-state index contributed by atoms with van der Waals surface area (Å²) < 4.78 is 1.29. The van der Waals surface area contributed by atoms with Crippen molar-refractivity contribution in [1.82, 2.24) is 14.8 Å². The van der Waals surface area contributed by atoms with E-state index < -0.39 is 0 Å². The van der Waals surface area contributed by atoms with E-state index in [4.69, 9.17) is 0 Å². The Morgan fingerprint density at radius 1 is 1.13 bits per heavy atom. The fraction of sp³-hybridized carbons (Fsp3) is 0.250. The Morgan fingerprint density at radius 3 is 2.68 bits per heavy atom. The molecule has 31 heavy (non-hydrogen) atoms. The van der Waals surface area contributed by atoms with Gasteiger partial charge in [-0.05, 0) is 36.8 Å². The number of hydrogen-bond donors (Lipinski definition) is 1. The summed E-state index contributed by atoms with van der Waals surface area (Å²) in [6.45, 7) is 0. The normalized spacial score (nSPS) is 15.6. The predicted octanol–water partition coefficient (Wildman–Crippen LogP) is 3.84. The van der Waals surface area contributed by atoms with Crippen molar-refractivity contribution in [2.45, 2.75) is 31.6 Å². The molecule has 1 atom stereocenters. The average molecular weight is 431 g/mol. The molecule has 2 aromatic heterocycles. The number of nitrogens with zero attached hydrogens (tertiary/aromatic N) is 3. The van der Waals surface area contributed by atoms with Crippen molar-refractivity contribution < 1.29 is 4.79 Å². The van der Waals surface area contributed by atoms with Crippen LogP contribution in [0.3, 0.4) is 0 Å². The third kappa shape index (κ3) is 3.88. The molecule has 0 bridgehead atoms. The van der Waals surface area contributed by atoms with Crippen molar-refractivity contribution in [2.24, 2.45) is 7.05 Å². The van der Waals surface area contributed by atoms with Gasteiger partial charge in [0.2, 0.25) is 5.91 Å². The molecule has 1 amide bonds. The van der Waals surface area contributed by atoms with Gasteiger partial charge in [0.25, 0.3) is 5.56 Å². The fourth-order valence-electron chi connectivity index (χ4n) is 4.26. The second-order valence-corrected chi connectivity index (χ2v) is 8.97. The molecule has 2 aromatic carbocycles. The van der Waals surface area contributed by atoms with Gasteiger partial charge in [-0.15, -0.1) is 11.3 Å². The minimum absolute atomic E-state index is 0.0888. The number of benzene rings is 2. The molecular formula is C24H22N4O2S. The second kappa shape index (κ2) is 8.07. The largest absolute Gasteiger partial charge is 0.302 e. The highest BCUT2D eigenvalue weighted by Crippen LogP contribution is 2.36. The van der Waals surface area contributed by atoms with Crippen LogP contribution in [0.25, 0.3) is 10.8 Å². The van der Waals surface area contributed by atoms with E-state index in [1.165, 1.54) is 15.1 Å². The highest BCUT2D eigenvalue weighted by Gasteiger charge is 2.24. The number of fused-ring (bicyclic) bond motifs is 2. The molecule has 0 radical (unpaired) electrons. The Labute approximate surface area is 183 Å². The molecule has 1 N–H and O–H groups in total. The Bertz CT molecular complexity index is 1330. The van der Waals surface area contributed by atoms with E-state index >= 15 is 0 Å². The summed E-state index contributed by atoms with van der Waals surface area (Å²) in [6, 6.07) is 17.8. The van der Waals surface area contributed by atoms with Crippen molar-refractivity contribution in [3.05, 3.63) is 86.8 Å². The number of thiazole rings is 1. The number of aromatic nitrogens is 3. The summed E-state index contributed by atoms with van der Waals surface area (Å²) >= 11 is 1.56. The predicted molar refractivity (Wildman–Crippen MR) is 123 cm³/mol. The minimum atomic E-state index is -0.179. The standard InChI is InChI=1S/C24H22N4O2S/c1-28-23(30)18-10-6-5-9-17(18)20(27-28)14-22(29)26-24-25-19-12-11-16(13-21(19)31-24)15-7-3-2-4-8-15/h2-10,16H,11-14H2,1H3,(H,25,26,29). The number of nitrogens with one attached hydrogen (secondary N) is 1. The molecule has 1 unspecified atom stereocenters. The number of anilines is 1. The van der Waals surface area contributed by atoms with Gasteiger partial charge >= 0.3 is 0 Å². The molecule has 4 aromatic rings. The van der Waals surface area contributed by atoms with Gasteiger partial charge < -0.3 is 5.32 Å². The van der Waals surface area contributed by atoms with Crippen LogP contribution in [0.5, 0.6) is 0 Å². The molecule has 1 aliphatic rings. The van der Waals surface area contributed by atoms with Crippen molar-refractivity contribution in [3.63, 3.8) is 0 Å². The Morgan fingerprint density at radius 2 is 1.87 bits per heavy atom. The van der Waals surface area contributed by atoms with Crippen molar-refractivity contribution in [3.8, 4) is 0 Å². The lowest BCUT2D eigenvalue weighted by Crippen LogP contribution is -2.24. The first-order valence-corrected chi connectivity index (χ1v) is 11.2. The Balaban J connectivity index is 1.33. The molecule has 2 heterocycles. The van der Waals surface area contributed by atoms with Crippen molar-refractivity contribution in [1.29, 1.82) is 0 Å². The smallest absolute Gasteiger partial charge is 0.274 e. The van der Waals surface area contributed by atoms with Gasteiger partial charge in [0.1, 0.15) is 0 Å². The molecule has 0 aliphatic heterocycles. The molecule has 0 fully saturated rings. The number of carbonyl (C=O) groups is 1. The topological polar surface area (TPSA) is 76.9 Å². The van der Waals surface area contributed by atoms with Gasteiger partial charge in [0, 0.05) is 17.3 Å². The molecular weight excluding hydrogens is 408 g/mol. The Hall–Kier alpha value is -3.32. The maximum Gasteiger partial charge on any atom is 0.274 e. The summed E-state index contributed by atoms with van der Waals surface area (Å²) in [5, 5.41) is 9.18. The number of rotatable bonds is 4. The van der Waals surface area contributed by atoms with E-state index in [9.17, 15) is 9.59 Å². The van der Waals surface area contributed by atoms with Crippen LogP contribution >= 0.6 is 11.3 Å². The fourth-order valence-corrected chi connectivity index (χ4v) is 5.36. The van der Waals surface area contributed by atoms with E-state index in [0.29, 0.717) is 27.5 Å². The minimum Gasteiger partial charge on any atom is -0.302 e. The van der Waals surface area contributed by atoms with Crippen LogP contribution in [-0.2, 0) is 31.1 Å². The Kier molecular flexibility index (Phi) is 5.11. The zero-order valence-corrected chi connectivity index (χ0v) is 18.0. The van der Waals surface area contributed by atoms with Crippen LogP contribution in [0.2, 0.25) is 0 Å².